The Balaban J connectivity index is 2.30. The van der Waals surface area contributed by atoms with Crippen LogP contribution in [0.15, 0.2) is 12.7 Å². The van der Waals surface area contributed by atoms with Gasteiger partial charge in [0.05, 0.1) is 0 Å². The molecule has 1 rings (SSSR count). The smallest absolute Gasteiger partial charge is 0.138 e. The van der Waals surface area contributed by atoms with Crippen LogP contribution in [0.4, 0.5) is 0 Å². The average Bonchev–Trinajstić information content (AvgIpc) is 2.07. The SMILES string of the molecule is C=CCCN1CCC(=O)C(C)C1. The number of hydrogen-bond acceptors (Lipinski definition) is 2. The third-order valence-electron chi connectivity index (χ3n) is 2.41. The van der Waals surface area contributed by atoms with E-state index in [1.807, 2.05) is 13.0 Å². The zero-order chi connectivity index (χ0) is 8.97. The lowest BCUT2D eigenvalue weighted by Gasteiger charge is -2.29. The van der Waals surface area contributed by atoms with Crippen LogP contribution in [0.3, 0.4) is 0 Å². The van der Waals surface area contributed by atoms with Crippen molar-refractivity contribution in [2.75, 3.05) is 19.6 Å². The minimum Gasteiger partial charge on any atom is -0.302 e. The van der Waals surface area contributed by atoms with E-state index in [-0.39, 0.29) is 5.92 Å². The first-order valence-electron chi connectivity index (χ1n) is 4.60. The van der Waals surface area contributed by atoms with Crippen LogP contribution in [-0.4, -0.2) is 30.3 Å². The molecular formula is C10H17NO. The Morgan fingerprint density at radius 1 is 1.75 bits per heavy atom. The molecule has 0 aromatic carbocycles. The van der Waals surface area contributed by atoms with E-state index < -0.39 is 0 Å². The lowest BCUT2D eigenvalue weighted by Crippen LogP contribution is -2.39. The first-order valence-corrected chi connectivity index (χ1v) is 4.60. The van der Waals surface area contributed by atoms with E-state index >= 15 is 0 Å². The number of likely N-dealkylation sites (tertiary alicyclic amines) is 1. The summed E-state index contributed by atoms with van der Waals surface area (Å²) >= 11 is 0. The number of piperidine rings is 1. The predicted octanol–water partition coefficient (Wildman–Crippen LogP) is 1.47. The fourth-order valence-corrected chi connectivity index (χ4v) is 1.57. The van der Waals surface area contributed by atoms with Crippen LogP contribution >= 0.6 is 0 Å². The third kappa shape index (κ3) is 2.45. The number of carbonyl (C=O) groups is 1. The Morgan fingerprint density at radius 2 is 2.50 bits per heavy atom. The molecule has 0 radical (unpaired) electrons. The molecule has 1 fully saturated rings. The minimum atomic E-state index is 0.239. The largest absolute Gasteiger partial charge is 0.302 e. The second kappa shape index (κ2) is 4.41. The van der Waals surface area contributed by atoms with Crippen LogP contribution in [0, 0.1) is 5.92 Å². The van der Waals surface area contributed by atoms with Crippen molar-refractivity contribution in [2.45, 2.75) is 19.8 Å². The molecule has 2 heteroatoms. The van der Waals surface area contributed by atoms with Gasteiger partial charge in [-0.15, -0.1) is 6.58 Å². The molecule has 0 N–H and O–H groups in total. The van der Waals surface area contributed by atoms with E-state index in [2.05, 4.69) is 11.5 Å². The van der Waals surface area contributed by atoms with E-state index in [1.165, 1.54) is 0 Å². The third-order valence-corrected chi connectivity index (χ3v) is 2.41. The summed E-state index contributed by atoms with van der Waals surface area (Å²) in [6, 6.07) is 0. The van der Waals surface area contributed by atoms with Gasteiger partial charge in [0.1, 0.15) is 5.78 Å². The molecule has 0 amide bonds. The summed E-state index contributed by atoms with van der Waals surface area (Å²) in [7, 11) is 0. The highest BCUT2D eigenvalue weighted by Gasteiger charge is 2.22. The van der Waals surface area contributed by atoms with Crippen molar-refractivity contribution >= 4 is 5.78 Å². The van der Waals surface area contributed by atoms with Crippen molar-refractivity contribution < 1.29 is 4.79 Å². The average molecular weight is 167 g/mol. The first-order chi connectivity index (χ1) is 5.74. The Morgan fingerprint density at radius 3 is 3.08 bits per heavy atom. The zero-order valence-electron chi connectivity index (χ0n) is 7.75. The van der Waals surface area contributed by atoms with Crippen molar-refractivity contribution in [1.82, 2.24) is 4.90 Å². The Labute approximate surface area is 74.2 Å². The fraction of sp³-hybridized carbons (Fsp3) is 0.700. The summed E-state index contributed by atoms with van der Waals surface area (Å²) in [6.07, 6.45) is 3.69. The van der Waals surface area contributed by atoms with Crippen LogP contribution in [0.25, 0.3) is 0 Å². The Kier molecular flexibility index (Phi) is 3.48. The van der Waals surface area contributed by atoms with E-state index in [1.54, 1.807) is 0 Å². The number of Topliss-reactive ketones (excluding diaryl/α,β-unsaturated/α-hetero) is 1. The Hall–Kier alpha value is -0.630. The summed E-state index contributed by atoms with van der Waals surface area (Å²) in [6.45, 7) is 8.64. The zero-order valence-corrected chi connectivity index (χ0v) is 7.75. The summed E-state index contributed by atoms with van der Waals surface area (Å²) in [5.41, 5.74) is 0. The molecule has 0 aromatic heterocycles. The van der Waals surface area contributed by atoms with E-state index in [0.29, 0.717) is 5.78 Å². The fourth-order valence-electron chi connectivity index (χ4n) is 1.57. The van der Waals surface area contributed by atoms with Crippen molar-refractivity contribution in [2.24, 2.45) is 5.92 Å². The molecule has 1 atom stereocenters. The lowest BCUT2D eigenvalue weighted by atomic mass is 9.98. The number of ketones is 1. The highest BCUT2D eigenvalue weighted by Crippen LogP contribution is 2.12. The topological polar surface area (TPSA) is 20.3 Å². The molecular weight excluding hydrogens is 150 g/mol. The van der Waals surface area contributed by atoms with Gasteiger partial charge in [-0.2, -0.15) is 0 Å². The molecule has 0 spiro atoms. The molecule has 1 saturated heterocycles. The maximum Gasteiger partial charge on any atom is 0.138 e. The highest BCUT2D eigenvalue weighted by atomic mass is 16.1. The summed E-state index contributed by atoms with van der Waals surface area (Å²) in [5, 5.41) is 0. The van der Waals surface area contributed by atoms with Crippen LogP contribution in [0.2, 0.25) is 0 Å². The van der Waals surface area contributed by atoms with Gasteiger partial charge in [-0.1, -0.05) is 13.0 Å². The molecule has 0 saturated carbocycles. The highest BCUT2D eigenvalue weighted by molar-refractivity contribution is 5.81. The number of hydrogen-bond donors (Lipinski definition) is 0. The Bertz CT molecular complexity index is 175. The second-order valence-corrected chi connectivity index (χ2v) is 3.50. The lowest BCUT2D eigenvalue weighted by molar-refractivity contribution is -0.125. The number of nitrogens with zero attached hydrogens (tertiary/aromatic N) is 1. The van der Waals surface area contributed by atoms with Crippen LogP contribution in [0.1, 0.15) is 19.8 Å². The van der Waals surface area contributed by atoms with Crippen molar-refractivity contribution in [3.63, 3.8) is 0 Å². The molecule has 68 valence electrons. The summed E-state index contributed by atoms with van der Waals surface area (Å²) in [5.74, 6) is 0.661. The van der Waals surface area contributed by atoms with Crippen LogP contribution < -0.4 is 0 Å². The molecule has 12 heavy (non-hydrogen) atoms. The van der Waals surface area contributed by atoms with Crippen molar-refractivity contribution in [1.29, 1.82) is 0 Å². The maximum absolute atomic E-state index is 11.2. The summed E-state index contributed by atoms with van der Waals surface area (Å²) in [4.78, 5) is 13.5. The molecule has 1 aliphatic rings. The van der Waals surface area contributed by atoms with E-state index in [0.717, 1.165) is 32.5 Å². The quantitative estimate of drug-likeness (QED) is 0.593. The van der Waals surface area contributed by atoms with Crippen LogP contribution in [0.5, 0.6) is 0 Å². The number of carbonyl (C=O) groups excluding carboxylic acids is 1. The molecule has 0 aromatic rings. The van der Waals surface area contributed by atoms with Gasteiger partial charge in [0, 0.05) is 32.0 Å². The van der Waals surface area contributed by atoms with Crippen molar-refractivity contribution in [3.8, 4) is 0 Å². The van der Waals surface area contributed by atoms with Gasteiger partial charge >= 0.3 is 0 Å². The maximum atomic E-state index is 11.2. The second-order valence-electron chi connectivity index (χ2n) is 3.50. The number of rotatable bonds is 3. The predicted molar refractivity (Wildman–Crippen MR) is 50.0 cm³/mol. The molecule has 1 aliphatic heterocycles. The van der Waals surface area contributed by atoms with Gasteiger partial charge in [0.25, 0.3) is 0 Å². The molecule has 1 heterocycles. The van der Waals surface area contributed by atoms with Crippen molar-refractivity contribution in [3.05, 3.63) is 12.7 Å². The monoisotopic (exact) mass is 167 g/mol. The van der Waals surface area contributed by atoms with E-state index in [4.69, 9.17) is 0 Å². The van der Waals surface area contributed by atoms with Gasteiger partial charge in [0.2, 0.25) is 0 Å². The van der Waals surface area contributed by atoms with Gasteiger partial charge in [-0.25, -0.2) is 0 Å². The normalized spacial score (nSPS) is 25.8. The van der Waals surface area contributed by atoms with Gasteiger partial charge in [0.15, 0.2) is 0 Å². The first kappa shape index (κ1) is 9.46. The molecule has 1 unspecified atom stereocenters. The standard InChI is InChI=1S/C10H17NO/c1-3-4-6-11-7-5-10(12)9(2)8-11/h3,9H,1,4-8H2,2H3. The van der Waals surface area contributed by atoms with Gasteiger partial charge in [-0.3, -0.25) is 4.79 Å². The molecule has 0 aliphatic carbocycles. The minimum absolute atomic E-state index is 0.239. The summed E-state index contributed by atoms with van der Waals surface area (Å²) < 4.78 is 0. The van der Waals surface area contributed by atoms with Crippen LogP contribution in [-0.2, 0) is 4.79 Å². The van der Waals surface area contributed by atoms with E-state index in [9.17, 15) is 4.79 Å². The molecule has 2 nitrogen and oxygen atoms in total. The van der Waals surface area contributed by atoms with Gasteiger partial charge < -0.3 is 4.90 Å². The van der Waals surface area contributed by atoms with Gasteiger partial charge in [-0.05, 0) is 6.42 Å². The molecule has 0 bridgehead atoms.